The van der Waals surface area contributed by atoms with Gasteiger partial charge in [0.1, 0.15) is 10.7 Å². The fourth-order valence-corrected chi connectivity index (χ4v) is 3.76. The van der Waals surface area contributed by atoms with Crippen LogP contribution in [0.1, 0.15) is 39.2 Å². The highest BCUT2D eigenvalue weighted by molar-refractivity contribution is 7.89. The second-order valence-corrected chi connectivity index (χ2v) is 7.26. The minimum absolute atomic E-state index is 0.0839. The van der Waals surface area contributed by atoms with Gasteiger partial charge in [0, 0.05) is 17.6 Å². The van der Waals surface area contributed by atoms with Crippen LogP contribution in [0.15, 0.2) is 17.0 Å². The summed E-state index contributed by atoms with van der Waals surface area (Å²) in [6, 6.07) is 1.92. The summed E-state index contributed by atoms with van der Waals surface area (Å²) in [5.41, 5.74) is -0.980. The van der Waals surface area contributed by atoms with Gasteiger partial charge in [0.05, 0.1) is 0 Å². The Labute approximate surface area is 125 Å². The Balaban J connectivity index is 3.24. The van der Waals surface area contributed by atoms with Crippen molar-refractivity contribution in [3.8, 4) is 0 Å². The molecule has 0 bridgehead atoms. The number of benzene rings is 1. The summed E-state index contributed by atoms with van der Waals surface area (Å²) >= 11 is 0. The van der Waals surface area contributed by atoms with Gasteiger partial charge in [-0.2, -0.15) is 0 Å². The summed E-state index contributed by atoms with van der Waals surface area (Å²) in [4.78, 5) is -0.529. The van der Waals surface area contributed by atoms with Gasteiger partial charge in [0.25, 0.3) is 0 Å². The Hall–Kier alpha value is -1.05. The van der Waals surface area contributed by atoms with Crippen LogP contribution in [0, 0.1) is 11.6 Å². The van der Waals surface area contributed by atoms with Crippen LogP contribution in [0.5, 0.6) is 0 Å². The molecular formula is C14H22F2N2O2S. The first-order valence-corrected chi connectivity index (χ1v) is 8.28. The zero-order valence-electron chi connectivity index (χ0n) is 12.8. The molecule has 0 unspecified atom stereocenters. The van der Waals surface area contributed by atoms with Crippen LogP contribution in [-0.2, 0) is 16.6 Å². The van der Waals surface area contributed by atoms with Gasteiger partial charge in [0.15, 0.2) is 5.82 Å². The quantitative estimate of drug-likeness (QED) is 0.812. The highest BCUT2D eigenvalue weighted by Crippen LogP contribution is 2.23. The van der Waals surface area contributed by atoms with Crippen LogP contribution in [0.3, 0.4) is 0 Å². The maximum Gasteiger partial charge on any atom is 0.243 e. The van der Waals surface area contributed by atoms with Crippen molar-refractivity contribution in [2.45, 2.75) is 50.6 Å². The van der Waals surface area contributed by atoms with E-state index in [2.05, 4.69) is 10.0 Å². The minimum atomic E-state index is -4.05. The molecule has 1 rings (SSSR count). The van der Waals surface area contributed by atoms with Gasteiger partial charge < -0.3 is 5.32 Å². The summed E-state index contributed by atoms with van der Waals surface area (Å²) < 4.78 is 55.0. The SMILES string of the molecule is CCCC(C)(C)NS(=O)(=O)c1ccc(F)c(CNC)c1F. The molecule has 0 atom stereocenters. The van der Waals surface area contributed by atoms with Crippen molar-refractivity contribution in [3.63, 3.8) is 0 Å². The van der Waals surface area contributed by atoms with Crippen LogP contribution in [0.4, 0.5) is 8.78 Å². The van der Waals surface area contributed by atoms with E-state index >= 15 is 0 Å². The topological polar surface area (TPSA) is 58.2 Å². The van der Waals surface area contributed by atoms with Gasteiger partial charge in [-0.1, -0.05) is 13.3 Å². The highest BCUT2D eigenvalue weighted by Gasteiger charge is 2.29. The van der Waals surface area contributed by atoms with E-state index in [4.69, 9.17) is 0 Å². The molecule has 21 heavy (non-hydrogen) atoms. The third-order valence-electron chi connectivity index (χ3n) is 3.08. The summed E-state index contributed by atoms with van der Waals surface area (Å²) in [6.45, 7) is 5.30. The van der Waals surface area contributed by atoms with Crippen LogP contribution < -0.4 is 10.0 Å². The molecule has 120 valence electrons. The van der Waals surface area contributed by atoms with Crippen molar-refractivity contribution in [2.75, 3.05) is 7.05 Å². The number of nitrogens with one attached hydrogen (secondary N) is 2. The second kappa shape index (κ2) is 6.81. The lowest BCUT2D eigenvalue weighted by atomic mass is 10.0. The number of rotatable bonds is 7. The van der Waals surface area contributed by atoms with Crippen molar-refractivity contribution in [2.24, 2.45) is 0 Å². The second-order valence-electron chi connectivity index (χ2n) is 5.61. The largest absolute Gasteiger partial charge is 0.315 e. The van der Waals surface area contributed by atoms with Crippen molar-refractivity contribution in [3.05, 3.63) is 29.3 Å². The van der Waals surface area contributed by atoms with Crippen LogP contribution >= 0.6 is 0 Å². The molecule has 1 aromatic carbocycles. The van der Waals surface area contributed by atoms with E-state index in [0.29, 0.717) is 6.42 Å². The number of sulfonamides is 1. The average Bonchev–Trinajstić information content (AvgIpc) is 2.32. The first-order chi connectivity index (χ1) is 9.64. The van der Waals surface area contributed by atoms with Crippen LogP contribution in [0.2, 0.25) is 0 Å². The smallest absolute Gasteiger partial charge is 0.243 e. The number of halogens is 2. The molecule has 0 radical (unpaired) electrons. The average molecular weight is 320 g/mol. The lowest BCUT2D eigenvalue weighted by Crippen LogP contribution is -2.43. The Morgan fingerprint density at radius 1 is 1.24 bits per heavy atom. The molecule has 0 saturated heterocycles. The number of hydrogen-bond acceptors (Lipinski definition) is 3. The molecule has 0 amide bonds. The first-order valence-electron chi connectivity index (χ1n) is 6.80. The molecule has 0 heterocycles. The third-order valence-corrected chi connectivity index (χ3v) is 4.79. The maximum atomic E-state index is 14.3. The monoisotopic (exact) mass is 320 g/mol. The lowest BCUT2D eigenvalue weighted by molar-refractivity contribution is 0.415. The fourth-order valence-electron chi connectivity index (χ4n) is 2.22. The third kappa shape index (κ3) is 4.46. The minimum Gasteiger partial charge on any atom is -0.315 e. The Morgan fingerprint density at radius 2 is 1.86 bits per heavy atom. The fraction of sp³-hybridized carbons (Fsp3) is 0.571. The van der Waals surface area contributed by atoms with Gasteiger partial charge >= 0.3 is 0 Å². The molecular weight excluding hydrogens is 298 g/mol. The lowest BCUT2D eigenvalue weighted by Gasteiger charge is -2.25. The molecule has 1 aromatic rings. The van der Waals surface area contributed by atoms with E-state index in [-0.39, 0.29) is 12.1 Å². The molecule has 0 spiro atoms. The molecule has 2 N–H and O–H groups in total. The predicted molar refractivity (Wildman–Crippen MR) is 78.4 cm³/mol. The molecule has 0 aliphatic heterocycles. The van der Waals surface area contributed by atoms with E-state index in [0.717, 1.165) is 18.6 Å². The highest BCUT2D eigenvalue weighted by atomic mass is 32.2. The standard InChI is InChI=1S/C14H22F2N2O2S/c1-5-8-14(2,3)18-21(19,20)12-7-6-11(15)10(9-17-4)13(12)16/h6-7,17-18H,5,8-9H2,1-4H3. The van der Waals surface area contributed by atoms with Crippen molar-refractivity contribution < 1.29 is 17.2 Å². The van der Waals surface area contributed by atoms with Crippen molar-refractivity contribution in [1.82, 2.24) is 10.0 Å². The van der Waals surface area contributed by atoms with Gasteiger partial charge in [-0.25, -0.2) is 21.9 Å². The summed E-state index contributed by atoms with van der Waals surface area (Å²) in [6.07, 6.45) is 1.39. The molecule has 0 saturated carbocycles. The van der Waals surface area contributed by atoms with E-state index < -0.39 is 32.1 Å². The zero-order chi connectivity index (χ0) is 16.3. The molecule has 0 aromatic heterocycles. The van der Waals surface area contributed by atoms with Crippen LogP contribution in [0.25, 0.3) is 0 Å². The van der Waals surface area contributed by atoms with E-state index in [1.807, 2.05) is 6.92 Å². The van der Waals surface area contributed by atoms with Gasteiger partial charge in [0.2, 0.25) is 10.0 Å². The molecule has 0 aliphatic carbocycles. The van der Waals surface area contributed by atoms with E-state index in [9.17, 15) is 17.2 Å². The van der Waals surface area contributed by atoms with Gasteiger partial charge in [-0.15, -0.1) is 0 Å². The molecule has 7 heteroatoms. The first kappa shape index (κ1) is 18.0. The Morgan fingerprint density at radius 3 is 2.38 bits per heavy atom. The zero-order valence-corrected chi connectivity index (χ0v) is 13.6. The van der Waals surface area contributed by atoms with Gasteiger partial charge in [-0.05, 0) is 39.4 Å². The summed E-state index contributed by atoms with van der Waals surface area (Å²) in [5.74, 6) is -1.82. The molecule has 4 nitrogen and oxygen atoms in total. The summed E-state index contributed by atoms with van der Waals surface area (Å²) in [7, 11) is -2.52. The Bertz CT molecular complexity index is 601. The predicted octanol–water partition coefficient (Wildman–Crippen LogP) is 2.54. The maximum absolute atomic E-state index is 14.3. The van der Waals surface area contributed by atoms with E-state index in [1.54, 1.807) is 13.8 Å². The summed E-state index contributed by atoms with van der Waals surface area (Å²) in [5, 5.41) is 2.62. The molecule has 0 fully saturated rings. The normalized spacial score (nSPS) is 12.7. The van der Waals surface area contributed by atoms with Crippen molar-refractivity contribution >= 4 is 10.0 Å². The Kier molecular flexibility index (Phi) is 5.83. The van der Waals surface area contributed by atoms with Gasteiger partial charge in [-0.3, -0.25) is 0 Å². The van der Waals surface area contributed by atoms with Crippen LogP contribution in [-0.4, -0.2) is 21.0 Å². The number of hydrogen-bond donors (Lipinski definition) is 2. The molecule has 0 aliphatic rings. The van der Waals surface area contributed by atoms with E-state index in [1.165, 1.54) is 7.05 Å². The van der Waals surface area contributed by atoms with Crippen molar-refractivity contribution in [1.29, 1.82) is 0 Å².